The lowest BCUT2D eigenvalue weighted by Gasteiger charge is -2.45. The Hall–Kier alpha value is -1.79. The molecule has 2 aromatic rings. The van der Waals surface area contributed by atoms with E-state index >= 15 is 0 Å². The molecule has 1 N–H and O–H groups in total. The van der Waals surface area contributed by atoms with Crippen LogP contribution < -0.4 is 10.2 Å². The number of hydrogen-bond donors (Lipinski definition) is 1. The molecule has 2 aliphatic heterocycles. The van der Waals surface area contributed by atoms with Gasteiger partial charge in [0.2, 0.25) is 5.91 Å². The molecule has 5 nitrogen and oxygen atoms in total. The van der Waals surface area contributed by atoms with Crippen LogP contribution in [0.2, 0.25) is 10.0 Å². The van der Waals surface area contributed by atoms with Crippen molar-refractivity contribution in [2.24, 2.45) is 5.41 Å². The second kappa shape index (κ2) is 10.7. The van der Waals surface area contributed by atoms with E-state index in [1.54, 1.807) is 6.07 Å². The number of carbonyl (C=O) groups excluding carboxylic acids is 1. The van der Waals surface area contributed by atoms with Crippen molar-refractivity contribution in [1.29, 1.82) is 0 Å². The van der Waals surface area contributed by atoms with Crippen molar-refractivity contribution in [3.8, 4) is 0 Å². The van der Waals surface area contributed by atoms with Gasteiger partial charge in [-0.05, 0) is 43.2 Å². The lowest BCUT2D eigenvalue weighted by atomic mass is 9.92. The topological polar surface area (TPSA) is 38.8 Å². The number of carbonyl (C=O) groups is 1. The SMILES string of the molecule is C[C@@H]1CN[C@@H](C)CN1Cc1ccc([C@@H]2CN(C(=O)C(C)(C)C)CCN2c2ccc(Cl)cc2Cl)cc1. The van der Waals surface area contributed by atoms with E-state index in [0.717, 1.165) is 25.3 Å². The predicted octanol–water partition coefficient (Wildman–Crippen LogP) is 5.61. The van der Waals surface area contributed by atoms with Gasteiger partial charge in [-0.2, -0.15) is 0 Å². The van der Waals surface area contributed by atoms with Crippen LogP contribution in [0.4, 0.5) is 5.69 Å². The van der Waals surface area contributed by atoms with E-state index in [0.29, 0.717) is 41.8 Å². The summed E-state index contributed by atoms with van der Waals surface area (Å²) >= 11 is 12.8. The molecule has 0 bridgehead atoms. The van der Waals surface area contributed by atoms with Crippen LogP contribution in [0.25, 0.3) is 0 Å². The summed E-state index contributed by atoms with van der Waals surface area (Å²) in [6, 6.07) is 15.6. The third-order valence-electron chi connectivity index (χ3n) is 7.17. The minimum absolute atomic E-state index is 0.0147. The first-order valence-electron chi connectivity index (χ1n) is 12.6. The molecule has 0 spiro atoms. The Morgan fingerprint density at radius 1 is 1.03 bits per heavy atom. The highest BCUT2D eigenvalue weighted by Crippen LogP contribution is 2.37. The number of piperazine rings is 2. The molecule has 0 radical (unpaired) electrons. The van der Waals surface area contributed by atoms with Crippen LogP contribution >= 0.6 is 23.2 Å². The minimum Gasteiger partial charge on any atom is -0.360 e. The quantitative estimate of drug-likeness (QED) is 0.572. The molecular weight excluding hydrogens is 479 g/mol. The van der Waals surface area contributed by atoms with Gasteiger partial charge < -0.3 is 15.1 Å². The third kappa shape index (κ3) is 6.14. The fraction of sp³-hybridized carbons (Fsp3) is 0.536. The first-order chi connectivity index (χ1) is 16.5. The average molecular weight is 518 g/mol. The van der Waals surface area contributed by atoms with Gasteiger partial charge in [0.15, 0.2) is 0 Å². The van der Waals surface area contributed by atoms with E-state index in [4.69, 9.17) is 23.2 Å². The van der Waals surface area contributed by atoms with E-state index in [9.17, 15) is 4.79 Å². The first-order valence-corrected chi connectivity index (χ1v) is 13.4. The van der Waals surface area contributed by atoms with Gasteiger partial charge in [-0.1, -0.05) is 68.2 Å². The van der Waals surface area contributed by atoms with Crippen LogP contribution in [0.3, 0.4) is 0 Å². The molecule has 2 heterocycles. The smallest absolute Gasteiger partial charge is 0.228 e. The van der Waals surface area contributed by atoms with Gasteiger partial charge in [0.25, 0.3) is 0 Å². The van der Waals surface area contributed by atoms with Gasteiger partial charge in [-0.25, -0.2) is 0 Å². The maximum Gasteiger partial charge on any atom is 0.228 e. The molecule has 190 valence electrons. The predicted molar refractivity (Wildman–Crippen MR) is 146 cm³/mol. The van der Waals surface area contributed by atoms with Crippen molar-refractivity contribution in [3.63, 3.8) is 0 Å². The van der Waals surface area contributed by atoms with Gasteiger partial charge in [-0.3, -0.25) is 9.69 Å². The summed E-state index contributed by atoms with van der Waals surface area (Å²) in [5, 5.41) is 4.81. The lowest BCUT2D eigenvalue weighted by molar-refractivity contribution is -0.140. The Morgan fingerprint density at radius 2 is 1.74 bits per heavy atom. The highest BCUT2D eigenvalue weighted by atomic mass is 35.5. The van der Waals surface area contributed by atoms with E-state index < -0.39 is 5.41 Å². The van der Waals surface area contributed by atoms with Crippen molar-refractivity contribution in [2.75, 3.05) is 37.6 Å². The minimum atomic E-state index is -0.411. The fourth-order valence-corrected chi connectivity index (χ4v) is 5.64. The molecule has 0 saturated carbocycles. The van der Waals surface area contributed by atoms with Gasteiger partial charge in [0.05, 0.1) is 16.8 Å². The fourth-order valence-electron chi connectivity index (χ4n) is 5.13. The normalized spacial score (nSPS) is 24.0. The molecule has 2 fully saturated rings. The summed E-state index contributed by atoms with van der Waals surface area (Å²) in [7, 11) is 0. The van der Waals surface area contributed by atoms with Gasteiger partial charge in [0.1, 0.15) is 0 Å². The van der Waals surface area contributed by atoms with Gasteiger partial charge >= 0.3 is 0 Å². The number of hydrogen-bond acceptors (Lipinski definition) is 4. The van der Waals surface area contributed by atoms with Crippen molar-refractivity contribution < 1.29 is 4.79 Å². The van der Waals surface area contributed by atoms with Crippen LogP contribution in [-0.4, -0.2) is 60.5 Å². The Bertz CT molecular complexity index is 1040. The van der Waals surface area contributed by atoms with Crippen LogP contribution in [0.1, 0.15) is 51.8 Å². The van der Waals surface area contributed by atoms with E-state index in [1.807, 2.05) is 37.8 Å². The number of halogens is 2. The summed E-state index contributed by atoms with van der Waals surface area (Å²) in [6.07, 6.45) is 0. The zero-order chi connectivity index (χ0) is 25.3. The molecule has 2 aromatic carbocycles. The molecule has 4 rings (SSSR count). The van der Waals surface area contributed by atoms with Crippen LogP contribution in [0.5, 0.6) is 0 Å². The number of nitrogens with zero attached hydrogens (tertiary/aromatic N) is 3. The second-order valence-corrected chi connectivity index (χ2v) is 12.0. The highest BCUT2D eigenvalue weighted by molar-refractivity contribution is 6.36. The molecule has 1 amide bonds. The number of anilines is 1. The van der Waals surface area contributed by atoms with Gasteiger partial charge in [-0.15, -0.1) is 0 Å². The molecule has 3 atom stereocenters. The van der Waals surface area contributed by atoms with Gasteiger partial charge in [0, 0.05) is 61.8 Å². The van der Waals surface area contributed by atoms with Crippen molar-refractivity contribution in [1.82, 2.24) is 15.1 Å². The second-order valence-electron chi connectivity index (χ2n) is 11.1. The monoisotopic (exact) mass is 516 g/mol. The Labute approximate surface area is 220 Å². The molecule has 2 aliphatic rings. The number of rotatable bonds is 4. The maximum absolute atomic E-state index is 13.1. The zero-order valence-corrected chi connectivity index (χ0v) is 23.0. The Kier molecular flexibility index (Phi) is 8.02. The summed E-state index contributed by atoms with van der Waals surface area (Å²) in [5.74, 6) is 0.183. The summed E-state index contributed by atoms with van der Waals surface area (Å²) < 4.78 is 0. The molecule has 35 heavy (non-hydrogen) atoms. The number of nitrogens with one attached hydrogen (secondary N) is 1. The van der Waals surface area contributed by atoms with Crippen LogP contribution in [0.15, 0.2) is 42.5 Å². The molecule has 0 aromatic heterocycles. The molecule has 2 saturated heterocycles. The van der Waals surface area contributed by atoms with E-state index in [2.05, 4.69) is 53.2 Å². The largest absolute Gasteiger partial charge is 0.360 e. The molecule has 0 aliphatic carbocycles. The van der Waals surface area contributed by atoms with Crippen molar-refractivity contribution in [2.45, 2.75) is 59.3 Å². The molecule has 7 heteroatoms. The lowest BCUT2D eigenvalue weighted by Crippen LogP contribution is -2.53. The number of amides is 1. The van der Waals surface area contributed by atoms with E-state index in [1.165, 1.54) is 11.1 Å². The third-order valence-corrected chi connectivity index (χ3v) is 7.71. The van der Waals surface area contributed by atoms with Crippen LogP contribution in [-0.2, 0) is 11.3 Å². The van der Waals surface area contributed by atoms with E-state index in [-0.39, 0.29) is 11.9 Å². The standard InChI is InChI=1S/C28H38Cl2N4O/c1-19-16-33(20(2)15-31-19)17-21-6-8-22(9-7-21)26-18-32(27(35)28(3,4)5)12-13-34(26)25-11-10-23(29)14-24(25)30/h6-11,14,19-20,26,31H,12-13,15-18H2,1-5H3/t19-,20+,26-/m0/s1. The average Bonchev–Trinajstić information content (AvgIpc) is 2.81. The van der Waals surface area contributed by atoms with Crippen molar-refractivity contribution in [3.05, 3.63) is 63.6 Å². The first kappa shape index (κ1) is 26.3. The van der Waals surface area contributed by atoms with Crippen molar-refractivity contribution >= 4 is 34.8 Å². The van der Waals surface area contributed by atoms with Crippen LogP contribution in [0, 0.1) is 5.41 Å². The number of benzene rings is 2. The molecule has 0 unspecified atom stereocenters. The zero-order valence-electron chi connectivity index (χ0n) is 21.5. The molecular formula is C28H38Cl2N4O. The Morgan fingerprint density at radius 3 is 2.40 bits per heavy atom. The highest BCUT2D eigenvalue weighted by Gasteiger charge is 2.35. The summed E-state index contributed by atoms with van der Waals surface area (Å²) in [4.78, 5) is 20.0. The Balaban J connectivity index is 1.59. The summed E-state index contributed by atoms with van der Waals surface area (Å²) in [6.45, 7) is 15.5. The maximum atomic E-state index is 13.1. The summed E-state index contributed by atoms with van der Waals surface area (Å²) in [5.41, 5.74) is 3.04.